The van der Waals surface area contributed by atoms with E-state index >= 15 is 0 Å². The van der Waals surface area contributed by atoms with Gasteiger partial charge in [-0.2, -0.15) is 0 Å². The first-order valence-corrected chi connectivity index (χ1v) is 10.7. The Kier molecular flexibility index (Phi) is 4.58. The number of nitrogens with two attached hydrogens (primary N) is 1. The molecule has 1 heterocycles. The van der Waals surface area contributed by atoms with Crippen molar-refractivity contribution in [2.75, 3.05) is 5.73 Å². The molecule has 4 rings (SSSR count). The lowest BCUT2D eigenvalue weighted by atomic mass is 9.87. The molecule has 146 valence electrons. The summed E-state index contributed by atoms with van der Waals surface area (Å²) in [6.45, 7) is 1.66. The van der Waals surface area contributed by atoms with Crippen molar-refractivity contribution in [1.82, 2.24) is 10.0 Å². The number of hydrogen-bond donors (Lipinski definition) is 3. The molecule has 0 bridgehead atoms. The van der Waals surface area contributed by atoms with Crippen LogP contribution >= 0.6 is 0 Å². The maximum atomic E-state index is 12.7. The Labute approximate surface area is 164 Å². The summed E-state index contributed by atoms with van der Waals surface area (Å²) in [6, 6.07) is 11.5. The summed E-state index contributed by atoms with van der Waals surface area (Å²) < 4.78 is 26.8. The van der Waals surface area contributed by atoms with Crippen LogP contribution in [-0.2, 0) is 21.2 Å². The molecule has 0 saturated heterocycles. The van der Waals surface area contributed by atoms with Crippen LogP contribution < -0.4 is 15.8 Å². The first-order chi connectivity index (χ1) is 13.3. The molecule has 2 aromatic rings. The fourth-order valence-electron chi connectivity index (χ4n) is 3.76. The van der Waals surface area contributed by atoms with Gasteiger partial charge in [0.05, 0.1) is 10.9 Å². The van der Waals surface area contributed by atoms with E-state index in [1.807, 2.05) is 18.2 Å². The predicted octanol–water partition coefficient (Wildman–Crippen LogP) is 1.89. The lowest BCUT2D eigenvalue weighted by molar-refractivity contribution is -0.122. The second-order valence-electron chi connectivity index (χ2n) is 7.17. The fourth-order valence-corrected chi connectivity index (χ4v) is 5.00. The quantitative estimate of drug-likeness (QED) is 0.685. The first kappa shape index (κ1) is 18.5. The Balaban J connectivity index is 1.54. The lowest BCUT2D eigenvalue weighted by Gasteiger charge is -2.27. The molecule has 2 aromatic carbocycles. The summed E-state index contributed by atoms with van der Waals surface area (Å²) >= 11 is 0. The van der Waals surface area contributed by atoms with E-state index in [0.29, 0.717) is 5.56 Å². The van der Waals surface area contributed by atoms with Crippen LogP contribution in [0, 0.1) is 0 Å². The Morgan fingerprint density at radius 1 is 1.29 bits per heavy atom. The molecule has 4 N–H and O–H groups in total. The molecule has 0 radical (unpaired) electrons. The molecule has 28 heavy (non-hydrogen) atoms. The number of aryl methyl sites for hydroxylation is 1. The highest BCUT2D eigenvalue weighted by Gasteiger charge is 2.31. The number of hydrogen-bond acceptors (Lipinski definition) is 5. The number of aliphatic imine (C=N–C) groups is 1. The highest BCUT2D eigenvalue weighted by Crippen LogP contribution is 2.31. The molecule has 1 aliphatic carbocycles. The van der Waals surface area contributed by atoms with Crippen molar-refractivity contribution in [3.05, 3.63) is 59.2 Å². The zero-order valence-electron chi connectivity index (χ0n) is 15.5. The maximum absolute atomic E-state index is 12.7. The third kappa shape index (κ3) is 3.35. The second-order valence-corrected chi connectivity index (χ2v) is 8.82. The number of carbonyl (C=O) groups excluding carboxylic acids is 1. The average Bonchev–Trinajstić information content (AvgIpc) is 2.92. The second kappa shape index (κ2) is 6.94. The minimum atomic E-state index is -3.62. The van der Waals surface area contributed by atoms with E-state index in [2.05, 4.69) is 15.0 Å². The van der Waals surface area contributed by atoms with Gasteiger partial charge in [-0.3, -0.25) is 14.5 Å². The van der Waals surface area contributed by atoms with Gasteiger partial charge in [0.15, 0.2) is 0 Å². The normalized spacial score (nSPS) is 22.0. The molecule has 1 amide bonds. The van der Waals surface area contributed by atoms with Crippen LogP contribution in [0.15, 0.2) is 52.4 Å². The molecular weight excluding hydrogens is 376 g/mol. The Morgan fingerprint density at radius 2 is 2.07 bits per heavy atom. The number of amidine groups is 1. The summed E-state index contributed by atoms with van der Waals surface area (Å²) in [5, 5.41) is 3.05. The molecule has 1 aliphatic heterocycles. The monoisotopic (exact) mass is 398 g/mol. The van der Waals surface area contributed by atoms with E-state index in [0.717, 1.165) is 36.1 Å². The minimum Gasteiger partial charge on any atom is -0.399 e. The zero-order chi connectivity index (χ0) is 19.9. The number of fused-ring (bicyclic) bond motifs is 2. The SMILES string of the molecule is CC(N=C1NS(=O)(=O)c2ccccc21)C(=O)NC1CCCc2cc(N)ccc21. The molecule has 2 aliphatic rings. The van der Waals surface area contributed by atoms with Gasteiger partial charge in [-0.15, -0.1) is 0 Å². The van der Waals surface area contributed by atoms with Gasteiger partial charge in [0, 0.05) is 11.3 Å². The van der Waals surface area contributed by atoms with Crippen LogP contribution in [-0.4, -0.2) is 26.2 Å². The molecule has 2 unspecified atom stereocenters. The Bertz CT molecular complexity index is 1080. The van der Waals surface area contributed by atoms with Crippen LogP contribution in [0.2, 0.25) is 0 Å². The van der Waals surface area contributed by atoms with Crippen LogP contribution in [0.5, 0.6) is 0 Å². The van der Waals surface area contributed by atoms with Crippen molar-refractivity contribution in [1.29, 1.82) is 0 Å². The van der Waals surface area contributed by atoms with Gasteiger partial charge in [0.25, 0.3) is 10.0 Å². The van der Waals surface area contributed by atoms with Gasteiger partial charge in [0.2, 0.25) is 5.91 Å². The van der Waals surface area contributed by atoms with Crippen LogP contribution in [0.3, 0.4) is 0 Å². The number of carbonyl (C=O) groups is 1. The number of amides is 1. The number of nitrogens with one attached hydrogen (secondary N) is 2. The summed E-state index contributed by atoms with van der Waals surface area (Å²) in [7, 11) is -3.62. The Morgan fingerprint density at radius 3 is 2.89 bits per heavy atom. The molecule has 8 heteroatoms. The molecule has 2 atom stereocenters. The predicted molar refractivity (Wildman–Crippen MR) is 107 cm³/mol. The van der Waals surface area contributed by atoms with Crippen molar-refractivity contribution in [2.24, 2.45) is 4.99 Å². The van der Waals surface area contributed by atoms with Crippen molar-refractivity contribution in [2.45, 2.75) is 43.2 Å². The third-order valence-corrected chi connectivity index (χ3v) is 6.56. The number of nitrogen functional groups attached to an aromatic ring is 1. The standard InChI is InChI=1S/C20H22N4O3S/c1-12(22-19-16-6-2-3-8-18(16)28(26,27)24-19)20(25)23-17-7-4-5-13-11-14(21)9-10-15(13)17/h2-3,6,8-12,17H,4-5,7,21H2,1H3,(H,22,24)(H,23,25). The summed E-state index contributed by atoms with van der Waals surface area (Å²) in [4.78, 5) is 17.3. The number of benzene rings is 2. The van der Waals surface area contributed by atoms with Crippen LogP contribution in [0.1, 0.15) is 42.5 Å². The average molecular weight is 398 g/mol. The van der Waals surface area contributed by atoms with Gasteiger partial charge in [0.1, 0.15) is 11.9 Å². The number of anilines is 1. The van der Waals surface area contributed by atoms with E-state index in [1.165, 1.54) is 6.07 Å². The van der Waals surface area contributed by atoms with E-state index in [9.17, 15) is 13.2 Å². The highest BCUT2D eigenvalue weighted by atomic mass is 32.2. The largest absolute Gasteiger partial charge is 0.399 e. The first-order valence-electron chi connectivity index (χ1n) is 9.24. The van der Waals surface area contributed by atoms with Crippen molar-refractivity contribution < 1.29 is 13.2 Å². The molecule has 0 spiro atoms. The number of nitrogens with zero attached hydrogens (tertiary/aromatic N) is 1. The van der Waals surface area contributed by atoms with E-state index in [4.69, 9.17) is 5.73 Å². The van der Waals surface area contributed by atoms with Gasteiger partial charge < -0.3 is 11.1 Å². The summed E-state index contributed by atoms with van der Waals surface area (Å²) in [5.74, 6) is -0.0409. The number of sulfonamides is 1. The van der Waals surface area contributed by atoms with Gasteiger partial charge in [-0.05, 0) is 61.6 Å². The van der Waals surface area contributed by atoms with Crippen LogP contribution in [0.4, 0.5) is 5.69 Å². The highest BCUT2D eigenvalue weighted by molar-refractivity contribution is 7.90. The number of rotatable bonds is 3. The van der Waals surface area contributed by atoms with Crippen molar-refractivity contribution in [3.63, 3.8) is 0 Å². The lowest BCUT2D eigenvalue weighted by Crippen LogP contribution is -2.37. The van der Waals surface area contributed by atoms with Crippen molar-refractivity contribution >= 4 is 27.5 Å². The molecular formula is C20H22N4O3S. The van der Waals surface area contributed by atoms with Gasteiger partial charge in [-0.25, -0.2) is 8.42 Å². The van der Waals surface area contributed by atoms with E-state index in [1.54, 1.807) is 25.1 Å². The summed E-state index contributed by atoms with van der Waals surface area (Å²) in [5.41, 5.74) is 9.32. The fraction of sp³-hybridized carbons (Fsp3) is 0.300. The smallest absolute Gasteiger partial charge is 0.263 e. The van der Waals surface area contributed by atoms with Crippen molar-refractivity contribution in [3.8, 4) is 0 Å². The summed E-state index contributed by atoms with van der Waals surface area (Å²) in [6.07, 6.45) is 2.77. The van der Waals surface area contributed by atoms with Gasteiger partial charge in [-0.1, -0.05) is 18.2 Å². The maximum Gasteiger partial charge on any atom is 0.263 e. The zero-order valence-corrected chi connectivity index (χ0v) is 16.3. The molecule has 0 fully saturated rings. The Hall–Kier alpha value is -2.87. The topological polar surface area (TPSA) is 114 Å². The molecule has 7 nitrogen and oxygen atoms in total. The van der Waals surface area contributed by atoms with Gasteiger partial charge >= 0.3 is 0 Å². The molecule has 0 aromatic heterocycles. The minimum absolute atomic E-state index is 0.0907. The van der Waals surface area contributed by atoms with Crippen LogP contribution in [0.25, 0.3) is 0 Å². The third-order valence-electron chi connectivity index (χ3n) is 5.16. The van der Waals surface area contributed by atoms with E-state index < -0.39 is 16.1 Å². The molecule has 0 saturated carbocycles. The van der Waals surface area contributed by atoms with E-state index in [-0.39, 0.29) is 22.7 Å².